The molecule has 1 aliphatic rings. The Morgan fingerprint density at radius 3 is 2.89 bits per heavy atom. The highest BCUT2D eigenvalue weighted by atomic mass is 79.9. The third-order valence-corrected chi connectivity index (χ3v) is 4.04. The molecule has 5 heteroatoms. The maximum Gasteiger partial charge on any atom is 0.254 e. The van der Waals surface area contributed by atoms with Crippen molar-refractivity contribution in [3.8, 4) is 0 Å². The normalized spacial score (nSPS) is 23.5. The third-order valence-electron chi connectivity index (χ3n) is 3.20. The summed E-state index contributed by atoms with van der Waals surface area (Å²) >= 11 is 9.25. The summed E-state index contributed by atoms with van der Waals surface area (Å²) in [6.45, 7) is 5.08. The van der Waals surface area contributed by atoms with Crippen molar-refractivity contribution >= 4 is 33.4 Å². The second-order valence-electron chi connectivity index (χ2n) is 4.89. The summed E-state index contributed by atoms with van der Waals surface area (Å²) in [4.78, 5) is 14.4. The van der Waals surface area contributed by atoms with Gasteiger partial charge in [-0.2, -0.15) is 0 Å². The molecule has 1 amide bonds. The van der Waals surface area contributed by atoms with Gasteiger partial charge in [-0.25, -0.2) is 0 Å². The second kappa shape index (κ2) is 6.25. The van der Waals surface area contributed by atoms with E-state index in [4.69, 9.17) is 16.3 Å². The third kappa shape index (κ3) is 3.50. The smallest absolute Gasteiger partial charge is 0.254 e. The zero-order valence-corrected chi connectivity index (χ0v) is 13.4. The van der Waals surface area contributed by atoms with Gasteiger partial charge in [-0.3, -0.25) is 4.79 Å². The topological polar surface area (TPSA) is 29.5 Å². The highest BCUT2D eigenvalue weighted by Crippen LogP contribution is 2.20. The van der Waals surface area contributed by atoms with Crippen LogP contribution in [0.5, 0.6) is 0 Å². The molecule has 0 saturated carbocycles. The van der Waals surface area contributed by atoms with E-state index in [0.717, 1.165) is 15.6 Å². The van der Waals surface area contributed by atoms with E-state index in [9.17, 15) is 4.79 Å². The van der Waals surface area contributed by atoms with Gasteiger partial charge in [-0.1, -0.05) is 15.9 Å². The first-order valence-corrected chi connectivity index (χ1v) is 7.61. The molecule has 2 unspecified atom stereocenters. The zero-order chi connectivity index (χ0) is 14.0. The predicted octanol–water partition coefficient (Wildman–Crippen LogP) is 3.23. The van der Waals surface area contributed by atoms with E-state index in [1.807, 2.05) is 36.9 Å². The van der Waals surface area contributed by atoms with Crippen molar-refractivity contribution in [1.29, 1.82) is 0 Å². The number of benzene rings is 1. The number of carbonyl (C=O) groups is 1. The molecule has 0 N–H and O–H groups in total. The van der Waals surface area contributed by atoms with Gasteiger partial charge in [0.25, 0.3) is 5.91 Å². The Labute approximate surface area is 127 Å². The average molecular weight is 347 g/mol. The van der Waals surface area contributed by atoms with Gasteiger partial charge in [0.1, 0.15) is 0 Å². The molecule has 19 heavy (non-hydrogen) atoms. The van der Waals surface area contributed by atoms with Crippen LogP contribution in [0, 0.1) is 6.92 Å². The summed E-state index contributed by atoms with van der Waals surface area (Å²) in [6.07, 6.45) is -0.0534. The molecule has 0 aliphatic carbocycles. The molecule has 1 aromatic rings. The number of hydrogen-bond donors (Lipinski definition) is 0. The van der Waals surface area contributed by atoms with E-state index in [2.05, 4.69) is 15.9 Å². The van der Waals surface area contributed by atoms with Gasteiger partial charge in [0.15, 0.2) is 0 Å². The Balaban J connectivity index is 2.18. The molecule has 0 spiro atoms. The van der Waals surface area contributed by atoms with Crippen LogP contribution in [0.4, 0.5) is 0 Å². The number of halogens is 2. The van der Waals surface area contributed by atoms with E-state index in [1.54, 1.807) is 0 Å². The van der Waals surface area contributed by atoms with Crippen LogP contribution in [-0.4, -0.2) is 42.0 Å². The van der Waals surface area contributed by atoms with Crippen LogP contribution in [0.3, 0.4) is 0 Å². The number of rotatable bonds is 2. The van der Waals surface area contributed by atoms with Crippen molar-refractivity contribution in [2.75, 3.05) is 19.0 Å². The van der Waals surface area contributed by atoms with Gasteiger partial charge in [0.2, 0.25) is 0 Å². The van der Waals surface area contributed by atoms with Crippen LogP contribution >= 0.6 is 27.5 Å². The molecule has 1 aliphatic heterocycles. The Bertz CT molecular complexity index is 481. The monoisotopic (exact) mass is 345 g/mol. The lowest BCUT2D eigenvalue weighted by molar-refractivity contribution is -0.0570. The SMILES string of the molecule is Cc1cc(Br)ccc1C(=O)N1CC(C)OC(CCl)C1. The molecule has 3 nitrogen and oxygen atoms in total. The van der Waals surface area contributed by atoms with Gasteiger partial charge < -0.3 is 9.64 Å². The highest BCUT2D eigenvalue weighted by molar-refractivity contribution is 9.10. The van der Waals surface area contributed by atoms with Crippen LogP contribution < -0.4 is 0 Å². The number of aryl methyl sites for hydroxylation is 1. The Hall–Kier alpha value is -0.580. The minimum Gasteiger partial charge on any atom is -0.370 e. The molecule has 1 saturated heterocycles. The summed E-state index contributed by atoms with van der Waals surface area (Å²) in [5, 5.41) is 0. The first kappa shape index (κ1) is 14.8. The molecule has 0 aromatic heterocycles. The molecule has 1 aromatic carbocycles. The highest BCUT2D eigenvalue weighted by Gasteiger charge is 2.28. The fourth-order valence-corrected chi connectivity index (χ4v) is 2.98. The molecular weight excluding hydrogens is 330 g/mol. The number of morpholine rings is 1. The molecule has 0 bridgehead atoms. The maximum atomic E-state index is 12.6. The van der Waals surface area contributed by atoms with Crippen molar-refractivity contribution in [2.24, 2.45) is 0 Å². The molecule has 1 heterocycles. The van der Waals surface area contributed by atoms with Crippen LogP contribution in [0.2, 0.25) is 0 Å². The summed E-state index contributed by atoms with van der Waals surface area (Å²) < 4.78 is 6.65. The summed E-state index contributed by atoms with van der Waals surface area (Å²) in [6, 6.07) is 5.71. The minimum absolute atomic E-state index is 0.0252. The number of hydrogen-bond acceptors (Lipinski definition) is 2. The van der Waals surface area contributed by atoms with E-state index in [-0.39, 0.29) is 18.1 Å². The average Bonchev–Trinajstić information content (AvgIpc) is 2.37. The first-order chi connectivity index (χ1) is 9.01. The lowest BCUT2D eigenvalue weighted by Gasteiger charge is -2.36. The van der Waals surface area contributed by atoms with E-state index >= 15 is 0 Å². The lowest BCUT2D eigenvalue weighted by Crippen LogP contribution is -2.49. The van der Waals surface area contributed by atoms with E-state index < -0.39 is 0 Å². The number of carbonyl (C=O) groups excluding carboxylic acids is 1. The van der Waals surface area contributed by atoms with Crippen LogP contribution in [0.15, 0.2) is 22.7 Å². The predicted molar refractivity (Wildman–Crippen MR) is 79.8 cm³/mol. The molecule has 2 atom stereocenters. The van der Waals surface area contributed by atoms with Gasteiger partial charge in [0, 0.05) is 23.1 Å². The first-order valence-electron chi connectivity index (χ1n) is 6.28. The molecule has 1 fully saturated rings. The van der Waals surface area contributed by atoms with Gasteiger partial charge in [0.05, 0.1) is 18.1 Å². The zero-order valence-electron chi connectivity index (χ0n) is 11.0. The number of ether oxygens (including phenoxy) is 1. The minimum atomic E-state index is -0.0786. The standard InChI is InChI=1S/C14H17BrClNO2/c1-9-5-11(15)3-4-13(9)14(18)17-7-10(2)19-12(6-16)8-17/h3-5,10,12H,6-8H2,1-2H3. The summed E-state index contributed by atoms with van der Waals surface area (Å²) in [5.41, 5.74) is 1.71. The van der Waals surface area contributed by atoms with Crippen LogP contribution in [0.25, 0.3) is 0 Å². The van der Waals surface area contributed by atoms with E-state index in [1.165, 1.54) is 0 Å². The quantitative estimate of drug-likeness (QED) is 0.770. The fourth-order valence-electron chi connectivity index (χ4n) is 2.33. The van der Waals surface area contributed by atoms with Crippen molar-refractivity contribution in [3.63, 3.8) is 0 Å². The maximum absolute atomic E-state index is 12.6. The molecule has 104 valence electrons. The van der Waals surface area contributed by atoms with Crippen LogP contribution in [0.1, 0.15) is 22.8 Å². The number of nitrogens with zero attached hydrogens (tertiary/aromatic N) is 1. The summed E-state index contributed by atoms with van der Waals surface area (Å²) in [7, 11) is 0. The van der Waals surface area contributed by atoms with Crippen LogP contribution in [-0.2, 0) is 4.74 Å². The number of amides is 1. The largest absolute Gasteiger partial charge is 0.370 e. The van der Waals surface area contributed by atoms with Gasteiger partial charge >= 0.3 is 0 Å². The second-order valence-corrected chi connectivity index (χ2v) is 6.12. The molecule has 2 rings (SSSR count). The Morgan fingerprint density at radius 2 is 2.26 bits per heavy atom. The Kier molecular flexibility index (Phi) is 4.87. The summed E-state index contributed by atoms with van der Waals surface area (Å²) in [5.74, 6) is 0.461. The number of alkyl halides is 1. The van der Waals surface area contributed by atoms with Crippen molar-refractivity contribution in [1.82, 2.24) is 4.90 Å². The molecular formula is C14H17BrClNO2. The van der Waals surface area contributed by atoms with Crippen molar-refractivity contribution < 1.29 is 9.53 Å². The van der Waals surface area contributed by atoms with Gasteiger partial charge in [-0.15, -0.1) is 11.6 Å². The van der Waals surface area contributed by atoms with Gasteiger partial charge in [-0.05, 0) is 37.6 Å². The van der Waals surface area contributed by atoms with E-state index in [0.29, 0.717) is 19.0 Å². The fraction of sp³-hybridized carbons (Fsp3) is 0.500. The molecule has 0 radical (unpaired) electrons. The Morgan fingerprint density at radius 1 is 1.53 bits per heavy atom. The van der Waals surface area contributed by atoms with Crippen molar-refractivity contribution in [3.05, 3.63) is 33.8 Å². The lowest BCUT2D eigenvalue weighted by atomic mass is 10.1. The van der Waals surface area contributed by atoms with Crippen molar-refractivity contribution in [2.45, 2.75) is 26.1 Å².